The molecule has 118 valence electrons. The summed E-state index contributed by atoms with van der Waals surface area (Å²) in [6.45, 7) is 1.39. The first-order valence-electron chi connectivity index (χ1n) is 7.49. The van der Waals surface area contributed by atoms with E-state index in [1.165, 1.54) is 0 Å². The molecule has 0 amide bonds. The molecule has 1 aliphatic rings. The van der Waals surface area contributed by atoms with Gasteiger partial charge in [-0.3, -0.25) is 0 Å². The van der Waals surface area contributed by atoms with Gasteiger partial charge in [0.25, 0.3) is 5.89 Å². The van der Waals surface area contributed by atoms with Gasteiger partial charge in [0.05, 0.1) is 13.7 Å². The Kier molecular flexibility index (Phi) is 3.59. The second-order valence-electron chi connectivity index (χ2n) is 5.41. The van der Waals surface area contributed by atoms with Gasteiger partial charge in [-0.05, 0) is 30.7 Å². The lowest BCUT2D eigenvalue weighted by atomic mass is 10.1. The predicted octanol–water partition coefficient (Wildman–Crippen LogP) is 3.51. The third-order valence-electron chi connectivity index (χ3n) is 3.91. The molecule has 1 aliphatic heterocycles. The highest BCUT2D eigenvalue weighted by molar-refractivity contribution is 5.62. The summed E-state index contributed by atoms with van der Waals surface area (Å²) in [6, 6.07) is 11.4. The lowest BCUT2D eigenvalue weighted by Gasteiger charge is -2.01. The Balaban J connectivity index is 1.60. The number of benzene rings is 1. The normalized spacial score (nSPS) is 17.5. The Bertz CT molecular complexity index is 802. The van der Waals surface area contributed by atoms with E-state index in [9.17, 15) is 0 Å². The van der Waals surface area contributed by atoms with Crippen LogP contribution in [0, 0.1) is 0 Å². The third-order valence-corrected chi connectivity index (χ3v) is 3.91. The fourth-order valence-electron chi connectivity index (χ4n) is 2.62. The van der Waals surface area contributed by atoms with E-state index in [1.807, 2.05) is 36.4 Å². The average molecular weight is 312 g/mol. The molecule has 1 fully saturated rings. The first-order chi connectivity index (χ1) is 11.3. The van der Waals surface area contributed by atoms with Crippen molar-refractivity contribution in [3.8, 4) is 28.7 Å². The van der Waals surface area contributed by atoms with Crippen LogP contribution in [0.2, 0.25) is 0 Å². The number of furan rings is 1. The zero-order valence-electron chi connectivity index (χ0n) is 12.7. The molecule has 2 aromatic heterocycles. The molecule has 0 radical (unpaired) electrons. The van der Waals surface area contributed by atoms with Crippen molar-refractivity contribution in [3.05, 3.63) is 42.2 Å². The standard InChI is InChI=1S/C17H16N2O4/c1-20-13-4-2-3-11(9-13)14-5-6-15(22-14)17-18-16(19-23-17)12-7-8-21-10-12/h2-6,9,12H,7-8,10H2,1H3/t12-/m1/s1. The largest absolute Gasteiger partial charge is 0.497 e. The predicted molar refractivity (Wildman–Crippen MR) is 82.2 cm³/mol. The molecule has 0 bridgehead atoms. The Hall–Kier alpha value is -2.60. The molecule has 1 atom stereocenters. The fourth-order valence-corrected chi connectivity index (χ4v) is 2.62. The molecule has 0 unspecified atom stereocenters. The molecule has 23 heavy (non-hydrogen) atoms. The number of methoxy groups -OCH3 is 1. The summed E-state index contributed by atoms with van der Waals surface area (Å²) in [4.78, 5) is 4.43. The topological polar surface area (TPSA) is 70.5 Å². The van der Waals surface area contributed by atoms with Gasteiger partial charge in [0, 0.05) is 18.1 Å². The molecule has 3 heterocycles. The van der Waals surface area contributed by atoms with Crippen molar-refractivity contribution in [1.82, 2.24) is 10.1 Å². The Labute approximate surface area is 133 Å². The van der Waals surface area contributed by atoms with E-state index in [2.05, 4.69) is 10.1 Å². The van der Waals surface area contributed by atoms with Crippen LogP contribution in [0.25, 0.3) is 23.0 Å². The Morgan fingerprint density at radius 1 is 1.17 bits per heavy atom. The second kappa shape index (κ2) is 5.89. The minimum atomic E-state index is 0.209. The van der Waals surface area contributed by atoms with E-state index < -0.39 is 0 Å². The summed E-state index contributed by atoms with van der Waals surface area (Å²) in [5.41, 5.74) is 0.930. The Morgan fingerprint density at radius 3 is 2.91 bits per heavy atom. The van der Waals surface area contributed by atoms with Crippen molar-refractivity contribution in [1.29, 1.82) is 0 Å². The molecule has 1 aromatic carbocycles. The highest BCUT2D eigenvalue weighted by Gasteiger charge is 2.24. The van der Waals surface area contributed by atoms with Crippen LogP contribution in [0.5, 0.6) is 5.75 Å². The van der Waals surface area contributed by atoms with Crippen LogP contribution in [0.1, 0.15) is 18.2 Å². The number of nitrogens with zero attached hydrogens (tertiary/aromatic N) is 2. The highest BCUT2D eigenvalue weighted by Crippen LogP contribution is 2.31. The maximum Gasteiger partial charge on any atom is 0.293 e. The van der Waals surface area contributed by atoms with Crippen LogP contribution in [0.15, 0.2) is 45.3 Å². The fraction of sp³-hybridized carbons (Fsp3) is 0.294. The SMILES string of the molecule is COc1cccc(-c2ccc(-c3nc([C@@H]4CCOC4)no3)o2)c1. The van der Waals surface area contributed by atoms with Gasteiger partial charge in [-0.15, -0.1) is 0 Å². The van der Waals surface area contributed by atoms with Crippen molar-refractivity contribution in [2.24, 2.45) is 0 Å². The number of hydrogen-bond acceptors (Lipinski definition) is 6. The summed E-state index contributed by atoms with van der Waals surface area (Å²) in [5, 5.41) is 4.04. The zero-order chi connectivity index (χ0) is 15.6. The molecule has 0 spiro atoms. The second-order valence-corrected chi connectivity index (χ2v) is 5.41. The molecular formula is C17H16N2O4. The van der Waals surface area contributed by atoms with Crippen LogP contribution in [0.3, 0.4) is 0 Å². The van der Waals surface area contributed by atoms with Crippen LogP contribution in [0.4, 0.5) is 0 Å². The molecule has 3 aromatic rings. The van der Waals surface area contributed by atoms with Gasteiger partial charge in [0.2, 0.25) is 0 Å². The number of aromatic nitrogens is 2. The summed E-state index contributed by atoms with van der Waals surface area (Å²) in [5.74, 6) is 3.34. The lowest BCUT2D eigenvalue weighted by molar-refractivity contribution is 0.192. The monoisotopic (exact) mass is 312 g/mol. The van der Waals surface area contributed by atoms with Crippen LogP contribution >= 0.6 is 0 Å². The van der Waals surface area contributed by atoms with Crippen molar-refractivity contribution in [3.63, 3.8) is 0 Å². The molecule has 0 aliphatic carbocycles. The smallest absolute Gasteiger partial charge is 0.293 e. The molecule has 0 N–H and O–H groups in total. The number of ether oxygens (including phenoxy) is 2. The third kappa shape index (κ3) is 2.73. The van der Waals surface area contributed by atoms with E-state index in [0.29, 0.717) is 24.1 Å². The maximum absolute atomic E-state index is 5.85. The Morgan fingerprint density at radius 2 is 2.09 bits per heavy atom. The molecule has 6 heteroatoms. The summed E-state index contributed by atoms with van der Waals surface area (Å²) in [7, 11) is 1.64. The molecule has 4 rings (SSSR count). The number of rotatable bonds is 4. The maximum atomic E-state index is 5.85. The summed E-state index contributed by atoms with van der Waals surface area (Å²) in [6.07, 6.45) is 0.923. The van der Waals surface area contributed by atoms with Crippen LogP contribution in [-0.2, 0) is 4.74 Å². The highest BCUT2D eigenvalue weighted by atomic mass is 16.5. The van der Waals surface area contributed by atoms with E-state index >= 15 is 0 Å². The van der Waals surface area contributed by atoms with Crippen molar-refractivity contribution >= 4 is 0 Å². The first-order valence-corrected chi connectivity index (χ1v) is 7.49. The average Bonchev–Trinajstić information content (AvgIpc) is 3.34. The van der Waals surface area contributed by atoms with Gasteiger partial charge in [0.1, 0.15) is 11.5 Å². The van der Waals surface area contributed by atoms with Crippen molar-refractivity contribution < 1.29 is 18.4 Å². The molecule has 1 saturated heterocycles. The lowest BCUT2D eigenvalue weighted by Crippen LogP contribution is -1.99. The van der Waals surface area contributed by atoms with Crippen LogP contribution < -0.4 is 4.74 Å². The minimum Gasteiger partial charge on any atom is -0.497 e. The van der Waals surface area contributed by atoms with E-state index in [-0.39, 0.29) is 5.92 Å². The van der Waals surface area contributed by atoms with E-state index in [4.69, 9.17) is 18.4 Å². The zero-order valence-corrected chi connectivity index (χ0v) is 12.7. The van der Waals surface area contributed by atoms with Crippen molar-refractivity contribution in [2.75, 3.05) is 20.3 Å². The quantitative estimate of drug-likeness (QED) is 0.734. The molecule has 0 saturated carbocycles. The van der Waals surface area contributed by atoms with Gasteiger partial charge >= 0.3 is 0 Å². The van der Waals surface area contributed by atoms with Gasteiger partial charge in [-0.1, -0.05) is 17.3 Å². The van der Waals surface area contributed by atoms with Crippen molar-refractivity contribution in [2.45, 2.75) is 12.3 Å². The molecule has 6 nitrogen and oxygen atoms in total. The van der Waals surface area contributed by atoms with Gasteiger partial charge in [-0.2, -0.15) is 4.98 Å². The first kappa shape index (κ1) is 14.0. The molecular weight excluding hydrogens is 296 g/mol. The summed E-state index contributed by atoms with van der Waals surface area (Å²) < 4.78 is 21.8. The van der Waals surface area contributed by atoms with Gasteiger partial charge in [-0.25, -0.2) is 0 Å². The van der Waals surface area contributed by atoms with Gasteiger partial charge in [0.15, 0.2) is 11.6 Å². The number of hydrogen-bond donors (Lipinski definition) is 0. The van der Waals surface area contributed by atoms with E-state index in [1.54, 1.807) is 7.11 Å². The summed E-state index contributed by atoms with van der Waals surface area (Å²) >= 11 is 0. The minimum absolute atomic E-state index is 0.209. The van der Waals surface area contributed by atoms with Gasteiger partial charge < -0.3 is 18.4 Å². The van der Waals surface area contributed by atoms with Crippen LogP contribution in [-0.4, -0.2) is 30.5 Å². The van der Waals surface area contributed by atoms with E-state index in [0.717, 1.165) is 30.1 Å².